The molecule has 0 saturated carbocycles. The van der Waals surface area contributed by atoms with E-state index in [2.05, 4.69) is 46.5 Å². The number of aromatic nitrogens is 1. The van der Waals surface area contributed by atoms with E-state index in [0.29, 0.717) is 0 Å². The summed E-state index contributed by atoms with van der Waals surface area (Å²) in [5.41, 5.74) is 9.15. The van der Waals surface area contributed by atoms with E-state index in [1.165, 1.54) is 5.56 Å². The highest BCUT2D eigenvalue weighted by Crippen LogP contribution is 2.18. The van der Waals surface area contributed by atoms with Crippen molar-refractivity contribution in [1.82, 2.24) is 9.88 Å². The molecule has 2 aromatic rings. The minimum absolute atomic E-state index is 0.746. The van der Waals surface area contributed by atoms with Crippen LogP contribution in [0.1, 0.15) is 17.5 Å². The van der Waals surface area contributed by atoms with E-state index < -0.39 is 0 Å². The Morgan fingerprint density at radius 3 is 2.71 bits per heavy atom. The lowest BCUT2D eigenvalue weighted by molar-refractivity contribution is 0.325. The fourth-order valence-corrected chi connectivity index (χ4v) is 2.24. The van der Waals surface area contributed by atoms with Crippen LogP contribution >= 0.6 is 0 Å². The van der Waals surface area contributed by atoms with Crippen LogP contribution in [0.15, 0.2) is 42.6 Å². The van der Waals surface area contributed by atoms with Gasteiger partial charge >= 0.3 is 0 Å². The zero-order valence-corrected chi connectivity index (χ0v) is 12.8. The molecular weight excluding hydrogens is 260 g/mol. The van der Waals surface area contributed by atoms with Crippen molar-refractivity contribution < 1.29 is 0 Å². The molecule has 1 heterocycles. The number of pyridine rings is 1. The van der Waals surface area contributed by atoms with Crippen LogP contribution in [0.5, 0.6) is 0 Å². The minimum Gasteiger partial charge on any atom is -0.396 e. The summed E-state index contributed by atoms with van der Waals surface area (Å²) in [4.78, 5) is 6.60. The number of hydrogen-bond donors (Lipinski definition) is 2. The van der Waals surface area contributed by atoms with Gasteiger partial charge in [0, 0.05) is 19.3 Å². The van der Waals surface area contributed by atoms with Crippen LogP contribution in [0.4, 0.5) is 11.5 Å². The lowest BCUT2D eigenvalue weighted by atomic mass is 10.2. The molecule has 0 aliphatic carbocycles. The van der Waals surface area contributed by atoms with Crippen LogP contribution in [0.25, 0.3) is 0 Å². The van der Waals surface area contributed by atoms with E-state index in [9.17, 15) is 0 Å². The number of anilines is 2. The average Bonchev–Trinajstić information content (AvgIpc) is 2.49. The summed E-state index contributed by atoms with van der Waals surface area (Å²) in [6.45, 7) is 4.88. The van der Waals surface area contributed by atoms with Gasteiger partial charge in [0.05, 0.1) is 5.69 Å². The van der Waals surface area contributed by atoms with Crippen molar-refractivity contribution in [3.8, 4) is 0 Å². The zero-order chi connectivity index (χ0) is 15.1. The predicted molar refractivity (Wildman–Crippen MR) is 89.3 cm³/mol. The third-order valence-corrected chi connectivity index (χ3v) is 3.51. The van der Waals surface area contributed by atoms with Crippen molar-refractivity contribution in [2.75, 3.05) is 31.2 Å². The highest BCUT2D eigenvalue weighted by atomic mass is 15.1. The summed E-state index contributed by atoms with van der Waals surface area (Å²) in [7, 11) is 2.15. The molecule has 3 N–H and O–H groups in total. The van der Waals surface area contributed by atoms with Crippen LogP contribution in [-0.2, 0) is 6.54 Å². The minimum atomic E-state index is 0.746. The number of aryl methyl sites for hydroxylation is 1. The van der Waals surface area contributed by atoms with Gasteiger partial charge in [-0.1, -0.05) is 30.3 Å². The Morgan fingerprint density at radius 1 is 1.19 bits per heavy atom. The van der Waals surface area contributed by atoms with Crippen molar-refractivity contribution in [3.63, 3.8) is 0 Å². The molecule has 0 aliphatic rings. The monoisotopic (exact) mass is 284 g/mol. The van der Waals surface area contributed by atoms with E-state index in [-0.39, 0.29) is 0 Å². The van der Waals surface area contributed by atoms with Gasteiger partial charge in [-0.2, -0.15) is 0 Å². The average molecular weight is 284 g/mol. The molecule has 4 nitrogen and oxygen atoms in total. The van der Waals surface area contributed by atoms with E-state index in [4.69, 9.17) is 5.73 Å². The van der Waals surface area contributed by atoms with Gasteiger partial charge < -0.3 is 16.0 Å². The Labute approximate surface area is 127 Å². The van der Waals surface area contributed by atoms with Gasteiger partial charge in [-0.3, -0.25) is 0 Å². The quantitative estimate of drug-likeness (QED) is 0.768. The van der Waals surface area contributed by atoms with Crippen molar-refractivity contribution in [2.45, 2.75) is 19.9 Å². The maximum Gasteiger partial charge on any atom is 0.149 e. The van der Waals surface area contributed by atoms with Crippen LogP contribution in [0, 0.1) is 6.92 Å². The van der Waals surface area contributed by atoms with Crippen LogP contribution in [0.3, 0.4) is 0 Å². The summed E-state index contributed by atoms with van der Waals surface area (Å²) in [6, 6.07) is 12.5. The largest absolute Gasteiger partial charge is 0.396 e. The van der Waals surface area contributed by atoms with Crippen molar-refractivity contribution in [3.05, 3.63) is 53.7 Å². The molecule has 0 atom stereocenters. The molecular formula is C17H24N4. The molecule has 1 aromatic heterocycles. The Hall–Kier alpha value is -2.07. The van der Waals surface area contributed by atoms with E-state index in [1.807, 2.05) is 19.1 Å². The Kier molecular flexibility index (Phi) is 5.58. The second kappa shape index (κ2) is 7.64. The molecule has 0 bridgehead atoms. The lowest BCUT2D eigenvalue weighted by Crippen LogP contribution is -2.21. The molecule has 1 aromatic carbocycles. The van der Waals surface area contributed by atoms with Crippen LogP contribution < -0.4 is 11.1 Å². The first-order valence-corrected chi connectivity index (χ1v) is 7.34. The molecule has 0 aliphatic heterocycles. The van der Waals surface area contributed by atoms with Crippen molar-refractivity contribution >= 4 is 11.5 Å². The van der Waals surface area contributed by atoms with Gasteiger partial charge in [-0.15, -0.1) is 0 Å². The molecule has 0 radical (unpaired) electrons. The molecule has 112 valence electrons. The van der Waals surface area contributed by atoms with Gasteiger partial charge in [-0.05, 0) is 44.1 Å². The maximum absolute atomic E-state index is 5.99. The number of nitrogens with one attached hydrogen (secondary N) is 1. The fraction of sp³-hybridized carbons (Fsp3) is 0.353. The van der Waals surface area contributed by atoms with Crippen LogP contribution in [0.2, 0.25) is 0 Å². The predicted octanol–water partition coefficient (Wildman–Crippen LogP) is 2.91. The van der Waals surface area contributed by atoms with E-state index in [0.717, 1.165) is 43.1 Å². The van der Waals surface area contributed by atoms with E-state index in [1.54, 1.807) is 6.20 Å². The summed E-state index contributed by atoms with van der Waals surface area (Å²) in [6.07, 6.45) is 2.84. The number of nitrogens with zero attached hydrogens (tertiary/aromatic N) is 2. The topological polar surface area (TPSA) is 54.2 Å². The summed E-state index contributed by atoms with van der Waals surface area (Å²) in [5.74, 6) is 0.792. The number of nitrogens with two attached hydrogens (primary N) is 1. The first-order valence-electron chi connectivity index (χ1n) is 7.34. The van der Waals surface area contributed by atoms with E-state index >= 15 is 0 Å². The zero-order valence-electron chi connectivity index (χ0n) is 12.8. The second-order valence-electron chi connectivity index (χ2n) is 5.39. The standard InChI is InChI=1S/C17H24N4/c1-14-9-11-20-17(16(14)18)19-10-6-12-21(2)13-15-7-4-3-5-8-15/h3-5,7-9,11H,6,10,12-13,18H2,1-2H3,(H,19,20). The molecule has 0 fully saturated rings. The molecule has 0 amide bonds. The smallest absolute Gasteiger partial charge is 0.149 e. The molecule has 0 saturated heterocycles. The first-order chi connectivity index (χ1) is 10.2. The normalized spacial score (nSPS) is 10.8. The molecule has 21 heavy (non-hydrogen) atoms. The summed E-state index contributed by atoms with van der Waals surface area (Å²) < 4.78 is 0. The lowest BCUT2D eigenvalue weighted by Gasteiger charge is -2.17. The van der Waals surface area contributed by atoms with Gasteiger partial charge in [-0.25, -0.2) is 4.98 Å². The third-order valence-electron chi connectivity index (χ3n) is 3.51. The Bertz CT molecular complexity index is 554. The highest BCUT2D eigenvalue weighted by Gasteiger charge is 2.03. The van der Waals surface area contributed by atoms with Gasteiger partial charge in [0.15, 0.2) is 0 Å². The van der Waals surface area contributed by atoms with Crippen LogP contribution in [-0.4, -0.2) is 30.0 Å². The number of benzene rings is 1. The van der Waals surface area contributed by atoms with Gasteiger partial charge in [0.2, 0.25) is 0 Å². The van der Waals surface area contributed by atoms with Gasteiger partial charge in [0.1, 0.15) is 5.82 Å². The second-order valence-corrected chi connectivity index (χ2v) is 5.39. The van der Waals surface area contributed by atoms with Crippen molar-refractivity contribution in [2.24, 2.45) is 0 Å². The highest BCUT2D eigenvalue weighted by molar-refractivity contribution is 5.64. The fourth-order valence-electron chi connectivity index (χ4n) is 2.24. The Morgan fingerprint density at radius 2 is 1.95 bits per heavy atom. The molecule has 0 spiro atoms. The number of nitrogen functional groups attached to an aromatic ring is 1. The van der Waals surface area contributed by atoms with Crippen molar-refractivity contribution in [1.29, 1.82) is 0 Å². The van der Waals surface area contributed by atoms with Gasteiger partial charge in [0.25, 0.3) is 0 Å². The molecule has 2 rings (SSSR count). The maximum atomic E-state index is 5.99. The first kappa shape index (κ1) is 15.3. The number of hydrogen-bond acceptors (Lipinski definition) is 4. The summed E-state index contributed by atoms with van der Waals surface area (Å²) >= 11 is 0. The number of rotatable bonds is 7. The molecule has 4 heteroatoms. The Balaban J connectivity index is 1.71. The molecule has 0 unspecified atom stereocenters. The summed E-state index contributed by atoms with van der Waals surface area (Å²) in [5, 5.41) is 3.31. The third kappa shape index (κ3) is 4.76. The SMILES string of the molecule is Cc1ccnc(NCCCN(C)Cc2ccccc2)c1N.